The summed E-state index contributed by atoms with van der Waals surface area (Å²) in [6, 6.07) is 3.26. The van der Waals surface area contributed by atoms with Gasteiger partial charge < -0.3 is 15.5 Å². The molecular formula is C19H26F2IN5S. The molecular weight excluding hydrogens is 495 g/mol. The molecule has 2 N–H and O–H groups in total. The highest BCUT2D eigenvalue weighted by molar-refractivity contribution is 14.0. The lowest BCUT2D eigenvalue weighted by Crippen LogP contribution is -2.39. The minimum Gasteiger partial charge on any atom is -0.356 e. The molecule has 1 unspecified atom stereocenters. The van der Waals surface area contributed by atoms with Crippen LogP contribution in [0.2, 0.25) is 0 Å². The fraction of sp³-hybridized carbons (Fsp3) is 0.474. The van der Waals surface area contributed by atoms with Crippen LogP contribution in [0.4, 0.5) is 13.9 Å². The van der Waals surface area contributed by atoms with Crippen LogP contribution in [-0.2, 0) is 6.42 Å². The Balaban J connectivity index is 0.00000280. The van der Waals surface area contributed by atoms with Crippen molar-refractivity contribution in [2.75, 3.05) is 31.6 Å². The van der Waals surface area contributed by atoms with Crippen molar-refractivity contribution in [1.29, 1.82) is 0 Å². The number of halogens is 3. The summed E-state index contributed by atoms with van der Waals surface area (Å²) in [4.78, 5) is 11.2. The number of thiazole rings is 1. The summed E-state index contributed by atoms with van der Waals surface area (Å²) in [7, 11) is 1.66. The highest BCUT2D eigenvalue weighted by atomic mass is 127. The molecule has 5 nitrogen and oxygen atoms in total. The van der Waals surface area contributed by atoms with Crippen molar-refractivity contribution in [3.63, 3.8) is 0 Å². The number of rotatable bonds is 6. The molecule has 1 aliphatic rings. The van der Waals surface area contributed by atoms with Gasteiger partial charge in [-0.3, -0.25) is 4.99 Å². The Morgan fingerprint density at radius 2 is 2.07 bits per heavy atom. The SMILES string of the molecule is CN=C(NCCc1csc(N2CCCC2)n1)NC(C)c1ccc(F)cc1F.I. The van der Waals surface area contributed by atoms with E-state index in [-0.39, 0.29) is 30.0 Å². The number of hydrogen-bond donors (Lipinski definition) is 2. The standard InChI is InChI=1S/C19H25F2N5S.HI/c1-13(16-6-5-14(20)11-17(16)21)24-18(22-2)23-8-7-15-12-27-19(25-15)26-9-3-4-10-26;/h5-6,11-13H,3-4,7-10H2,1-2H3,(H2,22,23,24);1H. The Bertz CT molecular complexity index is 792. The van der Waals surface area contributed by atoms with Crippen LogP contribution in [0.25, 0.3) is 0 Å². The third-order valence-corrected chi connectivity index (χ3v) is 5.55. The van der Waals surface area contributed by atoms with Gasteiger partial charge in [-0.15, -0.1) is 35.3 Å². The highest BCUT2D eigenvalue weighted by Crippen LogP contribution is 2.24. The number of anilines is 1. The van der Waals surface area contributed by atoms with E-state index in [1.165, 1.54) is 25.0 Å². The van der Waals surface area contributed by atoms with E-state index in [0.717, 1.165) is 36.4 Å². The molecule has 0 spiro atoms. The van der Waals surface area contributed by atoms with Gasteiger partial charge in [-0.1, -0.05) is 6.07 Å². The van der Waals surface area contributed by atoms with Crippen LogP contribution in [0, 0.1) is 11.6 Å². The van der Waals surface area contributed by atoms with E-state index in [2.05, 4.69) is 25.9 Å². The molecule has 1 aromatic heterocycles. The van der Waals surface area contributed by atoms with Gasteiger partial charge in [0.25, 0.3) is 0 Å². The number of hydrogen-bond acceptors (Lipinski definition) is 4. The molecule has 0 saturated carbocycles. The third kappa shape index (κ3) is 6.00. The predicted molar refractivity (Wildman–Crippen MR) is 122 cm³/mol. The average Bonchev–Trinajstić information content (AvgIpc) is 3.32. The van der Waals surface area contributed by atoms with E-state index < -0.39 is 11.6 Å². The molecule has 28 heavy (non-hydrogen) atoms. The summed E-state index contributed by atoms with van der Waals surface area (Å²) >= 11 is 1.69. The molecule has 0 bridgehead atoms. The smallest absolute Gasteiger partial charge is 0.191 e. The molecule has 0 aliphatic carbocycles. The van der Waals surface area contributed by atoms with Crippen molar-refractivity contribution in [1.82, 2.24) is 15.6 Å². The molecule has 154 valence electrons. The van der Waals surface area contributed by atoms with E-state index in [9.17, 15) is 8.78 Å². The van der Waals surface area contributed by atoms with Crippen LogP contribution in [0.1, 0.15) is 37.1 Å². The van der Waals surface area contributed by atoms with Crippen LogP contribution in [-0.4, -0.2) is 37.6 Å². The zero-order chi connectivity index (χ0) is 19.2. The van der Waals surface area contributed by atoms with Crippen molar-refractivity contribution < 1.29 is 8.78 Å². The van der Waals surface area contributed by atoms with E-state index in [4.69, 9.17) is 4.98 Å². The number of nitrogens with zero attached hydrogens (tertiary/aromatic N) is 3. The first-order valence-corrected chi connectivity index (χ1v) is 10.1. The molecule has 1 atom stereocenters. The lowest BCUT2D eigenvalue weighted by atomic mass is 10.1. The number of aromatic nitrogens is 1. The van der Waals surface area contributed by atoms with E-state index >= 15 is 0 Å². The van der Waals surface area contributed by atoms with Gasteiger partial charge in [-0.2, -0.15) is 0 Å². The summed E-state index contributed by atoms with van der Waals surface area (Å²) in [6.45, 7) is 4.67. The van der Waals surface area contributed by atoms with Crippen LogP contribution in [0.15, 0.2) is 28.6 Å². The van der Waals surface area contributed by atoms with Gasteiger partial charge in [0.05, 0.1) is 11.7 Å². The van der Waals surface area contributed by atoms with E-state index in [0.29, 0.717) is 18.1 Å². The Hall–Kier alpha value is -1.49. The van der Waals surface area contributed by atoms with Gasteiger partial charge in [-0.05, 0) is 25.8 Å². The number of benzene rings is 1. The van der Waals surface area contributed by atoms with Crippen LogP contribution < -0.4 is 15.5 Å². The maximum Gasteiger partial charge on any atom is 0.191 e. The Labute approximate surface area is 185 Å². The fourth-order valence-corrected chi connectivity index (χ4v) is 4.02. The Morgan fingerprint density at radius 3 is 2.75 bits per heavy atom. The van der Waals surface area contributed by atoms with Crippen molar-refractivity contribution >= 4 is 46.4 Å². The van der Waals surface area contributed by atoms with Crippen molar-refractivity contribution in [3.05, 3.63) is 46.5 Å². The van der Waals surface area contributed by atoms with Gasteiger partial charge in [0, 0.05) is 50.1 Å². The zero-order valence-corrected chi connectivity index (χ0v) is 19.2. The molecule has 3 rings (SSSR count). The first-order chi connectivity index (χ1) is 13.1. The molecule has 1 saturated heterocycles. The summed E-state index contributed by atoms with van der Waals surface area (Å²) < 4.78 is 27.0. The summed E-state index contributed by atoms with van der Waals surface area (Å²) in [5.41, 5.74) is 1.46. The summed E-state index contributed by atoms with van der Waals surface area (Å²) in [5.74, 6) is -0.578. The topological polar surface area (TPSA) is 52.6 Å². The minimum absolute atomic E-state index is 0. The second-order valence-electron chi connectivity index (χ2n) is 6.60. The van der Waals surface area contributed by atoms with Crippen LogP contribution >= 0.6 is 35.3 Å². The third-order valence-electron chi connectivity index (χ3n) is 4.60. The van der Waals surface area contributed by atoms with Gasteiger partial charge in [0.15, 0.2) is 11.1 Å². The maximum atomic E-state index is 13.9. The molecule has 1 aliphatic heterocycles. The molecule has 0 radical (unpaired) electrons. The van der Waals surface area contributed by atoms with Gasteiger partial charge in [-0.25, -0.2) is 13.8 Å². The van der Waals surface area contributed by atoms with Crippen LogP contribution in [0.5, 0.6) is 0 Å². The highest BCUT2D eigenvalue weighted by Gasteiger charge is 2.16. The largest absolute Gasteiger partial charge is 0.356 e. The lowest BCUT2D eigenvalue weighted by Gasteiger charge is -2.18. The fourth-order valence-electron chi connectivity index (χ4n) is 3.10. The maximum absolute atomic E-state index is 13.9. The van der Waals surface area contributed by atoms with Crippen molar-refractivity contribution in [2.45, 2.75) is 32.2 Å². The zero-order valence-electron chi connectivity index (χ0n) is 16.0. The van der Waals surface area contributed by atoms with E-state index in [1.54, 1.807) is 18.4 Å². The Morgan fingerprint density at radius 1 is 1.32 bits per heavy atom. The molecule has 2 aromatic rings. The number of nitrogens with one attached hydrogen (secondary N) is 2. The average molecular weight is 521 g/mol. The molecule has 1 aromatic carbocycles. The van der Waals surface area contributed by atoms with Crippen molar-refractivity contribution in [3.8, 4) is 0 Å². The molecule has 9 heteroatoms. The first-order valence-electron chi connectivity index (χ1n) is 9.18. The first kappa shape index (κ1) is 22.8. The molecule has 2 heterocycles. The quantitative estimate of drug-likeness (QED) is 0.342. The van der Waals surface area contributed by atoms with E-state index in [1.807, 2.05) is 6.92 Å². The van der Waals surface area contributed by atoms with Gasteiger partial charge in [0.1, 0.15) is 11.6 Å². The second kappa shape index (κ2) is 10.9. The predicted octanol–water partition coefficient (Wildman–Crippen LogP) is 4.11. The number of aliphatic imine (C=N–C) groups is 1. The van der Waals surface area contributed by atoms with Gasteiger partial charge in [0.2, 0.25) is 0 Å². The minimum atomic E-state index is -0.581. The normalized spacial score (nSPS) is 15.3. The second-order valence-corrected chi connectivity index (χ2v) is 7.43. The van der Waals surface area contributed by atoms with Gasteiger partial charge >= 0.3 is 0 Å². The Kier molecular flexibility index (Phi) is 8.87. The molecule has 1 fully saturated rings. The lowest BCUT2D eigenvalue weighted by molar-refractivity contribution is 0.551. The van der Waals surface area contributed by atoms with Crippen LogP contribution in [0.3, 0.4) is 0 Å². The number of guanidine groups is 1. The molecule has 0 amide bonds. The van der Waals surface area contributed by atoms with Crippen molar-refractivity contribution in [2.24, 2.45) is 4.99 Å². The summed E-state index contributed by atoms with van der Waals surface area (Å²) in [6.07, 6.45) is 3.26. The summed E-state index contributed by atoms with van der Waals surface area (Å²) in [5, 5.41) is 9.55. The monoisotopic (exact) mass is 521 g/mol.